The van der Waals surface area contributed by atoms with Crippen molar-refractivity contribution in [2.45, 2.75) is 50.9 Å². The molecule has 1 aromatic rings. The molecule has 0 saturated carbocycles. The van der Waals surface area contributed by atoms with Crippen LogP contribution in [0.3, 0.4) is 0 Å². The number of aliphatic imine (C=N–C) groups is 1. The molecule has 1 heterocycles. The molecule has 4 nitrogen and oxygen atoms in total. The molecule has 0 bridgehead atoms. The van der Waals surface area contributed by atoms with Gasteiger partial charge in [-0.15, -0.1) is 24.0 Å². The molecule has 6 heteroatoms. The summed E-state index contributed by atoms with van der Waals surface area (Å²) in [6.07, 6.45) is 6.72. The first-order valence-corrected chi connectivity index (χ1v) is 9.42. The third-order valence-electron chi connectivity index (χ3n) is 4.78. The predicted octanol–water partition coefficient (Wildman–Crippen LogP) is 4.49. The zero-order valence-electron chi connectivity index (χ0n) is 15.1. The van der Waals surface area contributed by atoms with Crippen molar-refractivity contribution >= 4 is 41.5 Å². The number of nitrogens with one attached hydrogen (secondary N) is 1. The second kappa shape index (κ2) is 12.0. The molecule has 0 atom stereocenters. The highest BCUT2D eigenvalue weighted by atomic mass is 127. The minimum atomic E-state index is -0.0783. The number of rotatable bonds is 8. The van der Waals surface area contributed by atoms with E-state index < -0.39 is 0 Å². The number of nitrogens with zero attached hydrogens (tertiary/aromatic N) is 1. The molecule has 1 aromatic carbocycles. The van der Waals surface area contributed by atoms with Crippen LogP contribution in [0.4, 0.5) is 0 Å². The number of guanidine groups is 1. The van der Waals surface area contributed by atoms with Crippen LogP contribution in [0.1, 0.15) is 51.0 Å². The van der Waals surface area contributed by atoms with Crippen molar-refractivity contribution in [2.75, 3.05) is 26.3 Å². The Kier molecular flexibility index (Phi) is 10.8. The number of nitrogens with two attached hydrogens (primary N) is 1. The van der Waals surface area contributed by atoms with Gasteiger partial charge >= 0.3 is 0 Å². The average Bonchev–Trinajstić information content (AvgIpc) is 2.61. The van der Waals surface area contributed by atoms with Gasteiger partial charge in [-0.3, -0.25) is 4.99 Å². The van der Waals surface area contributed by atoms with Crippen LogP contribution in [0.15, 0.2) is 29.3 Å². The Bertz CT molecular complexity index is 533. The minimum absolute atomic E-state index is 0. The van der Waals surface area contributed by atoms with E-state index in [9.17, 15) is 0 Å². The largest absolute Gasteiger partial charge is 0.381 e. The van der Waals surface area contributed by atoms with Gasteiger partial charge in [0.2, 0.25) is 0 Å². The van der Waals surface area contributed by atoms with Crippen LogP contribution in [0.5, 0.6) is 0 Å². The maximum atomic E-state index is 6.46. The normalized spacial score (nSPS) is 17.0. The van der Waals surface area contributed by atoms with Gasteiger partial charge < -0.3 is 15.8 Å². The van der Waals surface area contributed by atoms with Crippen LogP contribution in [0, 0.1) is 0 Å². The Balaban J connectivity index is 0.00000312. The smallest absolute Gasteiger partial charge is 0.188 e. The molecule has 0 amide bonds. The number of halogens is 2. The van der Waals surface area contributed by atoms with Gasteiger partial charge in [0.25, 0.3) is 0 Å². The lowest BCUT2D eigenvalue weighted by molar-refractivity contribution is 0.0531. The van der Waals surface area contributed by atoms with Gasteiger partial charge in [0.05, 0.1) is 6.54 Å². The van der Waals surface area contributed by atoms with Gasteiger partial charge in [-0.25, -0.2) is 0 Å². The van der Waals surface area contributed by atoms with Crippen molar-refractivity contribution < 1.29 is 4.74 Å². The van der Waals surface area contributed by atoms with Gasteiger partial charge in [-0.2, -0.15) is 0 Å². The number of ether oxygens (including phenoxy) is 1. The van der Waals surface area contributed by atoms with E-state index >= 15 is 0 Å². The standard InChI is InChI=1S/C19H30ClN3O.HI/c1-2-3-4-7-12-22-18(21)23-15-19(10-13-24-14-11-19)16-8-5-6-9-17(16)20;/h5-6,8-9H,2-4,7,10-15H2,1H3,(H3,21,22,23);1H. The maximum Gasteiger partial charge on any atom is 0.188 e. The molecule has 0 spiro atoms. The van der Waals surface area contributed by atoms with E-state index in [0.717, 1.165) is 49.6 Å². The molecule has 2 rings (SSSR count). The van der Waals surface area contributed by atoms with E-state index in [1.54, 1.807) is 0 Å². The summed E-state index contributed by atoms with van der Waals surface area (Å²) in [5.41, 5.74) is 7.14. The van der Waals surface area contributed by atoms with E-state index in [4.69, 9.17) is 22.1 Å². The Morgan fingerprint density at radius 3 is 2.64 bits per heavy atom. The van der Waals surface area contributed by atoms with Crippen LogP contribution in [0.25, 0.3) is 0 Å². The zero-order valence-corrected chi connectivity index (χ0v) is 18.2. The maximum absolute atomic E-state index is 6.46. The SMILES string of the molecule is CCCCCCNC(N)=NCC1(c2ccccc2Cl)CCOCC1.I. The fraction of sp³-hybridized carbons (Fsp3) is 0.632. The third-order valence-corrected chi connectivity index (χ3v) is 5.11. The van der Waals surface area contributed by atoms with Gasteiger partial charge in [0.15, 0.2) is 5.96 Å². The van der Waals surface area contributed by atoms with E-state index in [1.807, 2.05) is 18.2 Å². The summed E-state index contributed by atoms with van der Waals surface area (Å²) in [5.74, 6) is 0.532. The van der Waals surface area contributed by atoms with Crippen molar-refractivity contribution in [3.63, 3.8) is 0 Å². The number of hydrogen-bond acceptors (Lipinski definition) is 2. The summed E-state index contributed by atoms with van der Waals surface area (Å²) in [7, 11) is 0. The molecule has 3 N–H and O–H groups in total. The first-order chi connectivity index (χ1) is 11.7. The van der Waals surface area contributed by atoms with E-state index in [-0.39, 0.29) is 29.4 Å². The summed E-state index contributed by atoms with van der Waals surface area (Å²) in [6, 6.07) is 8.07. The van der Waals surface area contributed by atoms with Gasteiger partial charge in [0, 0.05) is 30.2 Å². The molecule has 0 aliphatic carbocycles. The van der Waals surface area contributed by atoms with Crippen LogP contribution in [-0.2, 0) is 10.2 Å². The Morgan fingerprint density at radius 1 is 1.24 bits per heavy atom. The monoisotopic (exact) mass is 479 g/mol. The molecule has 1 saturated heterocycles. The summed E-state index contributed by atoms with van der Waals surface area (Å²) < 4.78 is 5.56. The minimum Gasteiger partial charge on any atom is -0.381 e. The Morgan fingerprint density at radius 2 is 1.96 bits per heavy atom. The summed E-state index contributed by atoms with van der Waals surface area (Å²) in [5, 5.41) is 4.03. The Hall–Kier alpha value is -0.530. The molecular weight excluding hydrogens is 449 g/mol. The lowest BCUT2D eigenvalue weighted by Gasteiger charge is -2.37. The zero-order chi connectivity index (χ0) is 17.3. The molecule has 1 aliphatic heterocycles. The fourth-order valence-electron chi connectivity index (χ4n) is 3.23. The van der Waals surface area contributed by atoms with Gasteiger partial charge in [-0.1, -0.05) is 56.0 Å². The first-order valence-electron chi connectivity index (χ1n) is 9.04. The van der Waals surface area contributed by atoms with Crippen molar-refractivity contribution in [2.24, 2.45) is 10.7 Å². The summed E-state index contributed by atoms with van der Waals surface area (Å²) in [6.45, 7) is 5.23. The average molecular weight is 480 g/mol. The number of benzene rings is 1. The third kappa shape index (κ3) is 6.94. The highest BCUT2D eigenvalue weighted by Crippen LogP contribution is 2.38. The second-order valence-electron chi connectivity index (χ2n) is 6.56. The summed E-state index contributed by atoms with van der Waals surface area (Å²) in [4.78, 5) is 4.62. The lowest BCUT2D eigenvalue weighted by Crippen LogP contribution is -2.39. The molecule has 0 unspecified atom stereocenters. The van der Waals surface area contributed by atoms with E-state index in [0.29, 0.717) is 12.5 Å². The van der Waals surface area contributed by atoms with E-state index in [1.165, 1.54) is 19.3 Å². The van der Waals surface area contributed by atoms with Crippen LogP contribution >= 0.6 is 35.6 Å². The molecule has 0 aromatic heterocycles. The first kappa shape index (κ1) is 22.5. The molecule has 1 aliphatic rings. The quantitative estimate of drug-likeness (QED) is 0.250. The highest BCUT2D eigenvalue weighted by Gasteiger charge is 2.35. The fourth-order valence-corrected chi connectivity index (χ4v) is 3.56. The van der Waals surface area contributed by atoms with E-state index in [2.05, 4.69) is 23.3 Å². The highest BCUT2D eigenvalue weighted by molar-refractivity contribution is 14.0. The second-order valence-corrected chi connectivity index (χ2v) is 6.97. The topological polar surface area (TPSA) is 59.6 Å². The van der Waals surface area contributed by atoms with Crippen molar-refractivity contribution in [3.8, 4) is 0 Å². The van der Waals surface area contributed by atoms with Gasteiger partial charge in [0.1, 0.15) is 0 Å². The van der Waals surface area contributed by atoms with Crippen LogP contribution in [0.2, 0.25) is 5.02 Å². The van der Waals surface area contributed by atoms with Crippen LogP contribution in [-0.4, -0.2) is 32.3 Å². The summed E-state index contributed by atoms with van der Waals surface area (Å²) >= 11 is 6.46. The molecule has 25 heavy (non-hydrogen) atoms. The number of unbranched alkanes of at least 4 members (excludes halogenated alkanes) is 3. The lowest BCUT2D eigenvalue weighted by atomic mass is 9.74. The molecule has 0 radical (unpaired) electrons. The van der Waals surface area contributed by atoms with Crippen molar-refractivity contribution in [1.29, 1.82) is 0 Å². The van der Waals surface area contributed by atoms with Crippen LogP contribution < -0.4 is 11.1 Å². The van der Waals surface area contributed by atoms with Gasteiger partial charge in [-0.05, 0) is 30.9 Å². The van der Waals surface area contributed by atoms with Crippen molar-refractivity contribution in [3.05, 3.63) is 34.9 Å². The number of hydrogen-bond donors (Lipinski definition) is 2. The van der Waals surface area contributed by atoms with Crippen molar-refractivity contribution in [1.82, 2.24) is 5.32 Å². The predicted molar refractivity (Wildman–Crippen MR) is 117 cm³/mol. The Labute approximate surface area is 174 Å². The molecular formula is C19H31ClIN3O. The molecule has 1 fully saturated rings. The molecule has 142 valence electrons.